The summed E-state index contributed by atoms with van der Waals surface area (Å²) in [7, 11) is 0. The number of anilines is 1. The number of halogens is 4. The van der Waals surface area contributed by atoms with E-state index in [1.165, 1.54) is 17.4 Å². The zero-order valence-electron chi connectivity index (χ0n) is 15.4. The third kappa shape index (κ3) is 4.29. The van der Waals surface area contributed by atoms with Crippen LogP contribution in [0.15, 0.2) is 21.4 Å². The molecule has 1 aromatic carbocycles. The summed E-state index contributed by atoms with van der Waals surface area (Å²) in [6, 6.07) is 1.87. The van der Waals surface area contributed by atoms with Crippen molar-refractivity contribution in [2.45, 2.75) is 32.2 Å². The van der Waals surface area contributed by atoms with Gasteiger partial charge in [-0.05, 0) is 12.5 Å². The van der Waals surface area contributed by atoms with Crippen LogP contribution in [0.4, 0.5) is 19.2 Å². The van der Waals surface area contributed by atoms with Crippen LogP contribution in [-0.2, 0) is 0 Å². The van der Waals surface area contributed by atoms with Crippen molar-refractivity contribution < 1.29 is 22.3 Å². The number of aromatic nitrogens is 2. The molecule has 1 unspecified atom stereocenters. The molecule has 4 rings (SSSR count). The summed E-state index contributed by atoms with van der Waals surface area (Å²) < 4.78 is 49.0. The van der Waals surface area contributed by atoms with Crippen LogP contribution in [0, 0.1) is 0 Å². The average Bonchev–Trinajstić information content (AvgIpc) is 3.34. The first-order chi connectivity index (χ1) is 13.9. The highest BCUT2D eigenvalue weighted by atomic mass is 35.5. The van der Waals surface area contributed by atoms with Crippen molar-refractivity contribution in [3.8, 4) is 17.0 Å². The highest BCUT2D eigenvalue weighted by Gasteiger charge is 2.35. The van der Waals surface area contributed by atoms with Crippen molar-refractivity contribution in [3.63, 3.8) is 0 Å². The van der Waals surface area contributed by atoms with Crippen molar-refractivity contribution in [1.29, 1.82) is 0 Å². The van der Waals surface area contributed by atoms with Crippen LogP contribution in [-0.4, -0.2) is 42.0 Å². The van der Waals surface area contributed by atoms with Crippen LogP contribution in [0.25, 0.3) is 22.4 Å². The molecule has 2 aromatic heterocycles. The SMILES string of the molecule is CCCC1CN(c2nc3c(OC(F)(F)F)c(Cl)cc(-c4cscn4)c3o2)CCN1. The Labute approximate surface area is 173 Å². The van der Waals surface area contributed by atoms with Gasteiger partial charge in [-0.25, -0.2) is 4.98 Å². The van der Waals surface area contributed by atoms with Gasteiger partial charge in [0.1, 0.15) is 0 Å². The second-order valence-corrected chi connectivity index (χ2v) is 7.84. The monoisotopic (exact) mass is 446 g/mol. The zero-order chi connectivity index (χ0) is 20.6. The molecule has 29 heavy (non-hydrogen) atoms. The summed E-state index contributed by atoms with van der Waals surface area (Å²) in [5.41, 5.74) is 2.74. The first-order valence-corrected chi connectivity index (χ1v) is 10.4. The summed E-state index contributed by atoms with van der Waals surface area (Å²) in [6.45, 7) is 4.11. The summed E-state index contributed by atoms with van der Waals surface area (Å²) in [4.78, 5) is 10.5. The van der Waals surface area contributed by atoms with Crippen molar-refractivity contribution in [3.05, 3.63) is 22.0 Å². The number of thiazole rings is 1. The lowest BCUT2D eigenvalue weighted by molar-refractivity contribution is -0.274. The van der Waals surface area contributed by atoms with E-state index in [0.29, 0.717) is 24.3 Å². The molecule has 6 nitrogen and oxygen atoms in total. The molecule has 0 spiro atoms. The zero-order valence-corrected chi connectivity index (χ0v) is 17.0. The molecule has 1 saturated heterocycles. The Morgan fingerprint density at radius 3 is 2.97 bits per heavy atom. The molecule has 0 bridgehead atoms. The maximum Gasteiger partial charge on any atom is 0.573 e. The summed E-state index contributed by atoms with van der Waals surface area (Å²) >= 11 is 7.49. The maximum absolute atomic E-state index is 13.0. The number of oxazole rings is 1. The van der Waals surface area contributed by atoms with Crippen LogP contribution in [0.2, 0.25) is 5.02 Å². The van der Waals surface area contributed by atoms with Gasteiger partial charge in [0, 0.05) is 36.6 Å². The number of rotatable bonds is 5. The number of fused-ring (bicyclic) bond motifs is 1. The Balaban J connectivity index is 1.81. The fourth-order valence-corrected chi connectivity index (χ4v) is 4.23. The number of nitrogens with zero attached hydrogens (tertiary/aromatic N) is 3. The minimum Gasteiger partial charge on any atom is -0.423 e. The lowest BCUT2D eigenvalue weighted by atomic mass is 10.1. The number of benzene rings is 1. The van der Waals surface area contributed by atoms with Gasteiger partial charge in [0.15, 0.2) is 16.8 Å². The van der Waals surface area contributed by atoms with Crippen molar-refractivity contribution in [2.75, 3.05) is 24.5 Å². The summed E-state index contributed by atoms with van der Waals surface area (Å²) in [6.07, 6.45) is -2.90. The van der Waals surface area contributed by atoms with Gasteiger partial charge in [-0.1, -0.05) is 24.9 Å². The molecule has 1 aliphatic heterocycles. The molecular weight excluding hydrogens is 429 g/mol. The van der Waals surface area contributed by atoms with E-state index in [9.17, 15) is 13.2 Å². The number of alkyl halides is 3. The van der Waals surface area contributed by atoms with E-state index in [-0.39, 0.29) is 28.2 Å². The minimum atomic E-state index is -4.90. The van der Waals surface area contributed by atoms with E-state index in [1.807, 2.05) is 4.90 Å². The van der Waals surface area contributed by atoms with Crippen LogP contribution < -0.4 is 15.0 Å². The number of ether oxygens (including phenoxy) is 1. The van der Waals surface area contributed by atoms with Crippen molar-refractivity contribution in [2.24, 2.45) is 0 Å². The maximum atomic E-state index is 13.0. The summed E-state index contributed by atoms with van der Waals surface area (Å²) in [5, 5.41) is 4.98. The van der Waals surface area contributed by atoms with Crippen LogP contribution in [0.5, 0.6) is 5.75 Å². The first-order valence-electron chi connectivity index (χ1n) is 9.11. The van der Waals surface area contributed by atoms with E-state index in [2.05, 4.69) is 26.9 Å². The molecule has 1 N–H and O–H groups in total. The standard InChI is InChI=1S/C18H18ClF3N4O2S/c1-2-3-10-7-26(5-4-23-10)17-25-14-15(27-17)11(13-8-29-9-24-13)6-12(19)16(14)28-18(20,21)22/h6,8-10,23H,2-5,7H2,1H3. The topological polar surface area (TPSA) is 63.4 Å². The van der Waals surface area contributed by atoms with E-state index in [0.717, 1.165) is 19.4 Å². The fourth-order valence-electron chi connectivity index (χ4n) is 3.44. The molecule has 156 valence electrons. The van der Waals surface area contributed by atoms with Gasteiger partial charge in [-0.15, -0.1) is 24.5 Å². The quantitative estimate of drug-likeness (QED) is 0.589. The Hall–Kier alpha value is -2.04. The fraction of sp³-hybridized carbons (Fsp3) is 0.444. The molecule has 0 radical (unpaired) electrons. The molecule has 1 fully saturated rings. The molecule has 0 saturated carbocycles. The third-order valence-electron chi connectivity index (χ3n) is 4.65. The average molecular weight is 447 g/mol. The normalized spacial score (nSPS) is 17.8. The minimum absolute atomic E-state index is 0.0709. The Morgan fingerprint density at radius 1 is 1.45 bits per heavy atom. The van der Waals surface area contributed by atoms with Gasteiger partial charge >= 0.3 is 6.36 Å². The Bertz CT molecular complexity index is 991. The van der Waals surface area contributed by atoms with Crippen LogP contribution >= 0.6 is 22.9 Å². The van der Waals surface area contributed by atoms with Gasteiger partial charge in [0.05, 0.1) is 16.2 Å². The second kappa shape index (κ2) is 8.00. The molecule has 11 heteroatoms. The van der Waals surface area contributed by atoms with E-state index >= 15 is 0 Å². The molecular formula is C18H18ClF3N4O2S. The predicted molar refractivity (Wildman–Crippen MR) is 106 cm³/mol. The second-order valence-electron chi connectivity index (χ2n) is 6.72. The highest BCUT2D eigenvalue weighted by Crippen LogP contribution is 2.43. The summed E-state index contributed by atoms with van der Waals surface area (Å²) in [5.74, 6) is -0.566. The lowest BCUT2D eigenvalue weighted by Gasteiger charge is -2.32. The van der Waals surface area contributed by atoms with Crippen molar-refractivity contribution >= 4 is 40.1 Å². The van der Waals surface area contributed by atoms with E-state index in [1.54, 1.807) is 10.9 Å². The Kier molecular flexibility index (Phi) is 5.58. The number of nitrogens with one attached hydrogen (secondary N) is 1. The molecule has 3 aromatic rings. The van der Waals surface area contributed by atoms with Gasteiger partial charge in [0.2, 0.25) is 0 Å². The third-order valence-corrected chi connectivity index (χ3v) is 5.52. The first kappa shape index (κ1) is 20.2. The van der Waals surface area contributed by atoms with Gasteiger partial charge < -0.3 is 19.4 Å². The predicted octanol–water partition coefficient (Wildman–Crippen LogP) is 5.08. The number of hydrogen-bond donors (Lipinski definition) is 1. The molecule has 3 heterocycles. The van der Waals surface area contributed by atoms with E-state index in [4.69, 9.17) is 16.0 Å². The van der Waals surface area contributed by atoms with E-state index < -0.39 is 12.1 Å². The Morgan fingerprint density at radius 2 is 2.28 bits per heavy atom. The lowest BCUT2D eigenvalue weighted by Crippen LogP contribution is -2.50. The number of hydrogen-bond acceptors (Lipinski definition) is 7. The molecule has 1 aliphatic rings. The van der Waals surface area contributed by atoms with Crippen LogP contribution in [0.1, 0.15) is 19.8 Å². The molecule has 0 aliphatic carbocycles. The molecule has 0 amide bonds. The van der Waals surface area contributed by atoms with Gasteiger partial charge in [-0.2, -0.15) is 4.98 Å². The van der Waals surface area contributed by atoms with Gasteiger partial charge in [-0.3, -0.25) is 0 Å². The number of piperazine rings is 1. The largest absolute Gasteiger partial charge is 0.573 e. The van der Waals surface area contributed by atoms with Gasteiger partial charge in [0.25, 0.3) is 6.01 Å². The smallest absolute Gasteiger partial charge is 0.423 e. The molecule has 1 atom stereocenters. The van der Waals surface area contributed by atoms with Crippen LogP contribution in [0.3, 0.4) is 0 Å². The highest BCUT2D eigenvalue weighted by molar-refractivity contribution is 7.07. The van der Waals surface area contributed by atoms with Crippen molar-refractivity contribution in [1.82, 2.24) is 15.3 Å².